The van der Waals surface area contributed by atoms with Crippen LogP contribution in [0.4, 0.5) is 0 Å². The van der Waals surface area contributed by atoms with Crippen LogP contribution in [-0.4, -0.2) is 33.7 Å². The summed E-state index contributed by atoms with van der Waals surface area (Å²) in [5, 5.41) is 3.43. The van der Waals surface area contributed by atoms with Crippen molar-refractivity contribution in [2.45, 2.75) is 32.9 Å². The van der Waals surface area contributed by atoms with Gasteiger partial charge in [-0.15, -0.1) is 0 Å². The van der Waals surface area contributed by atoms with Crippen LogP contribution in [0, 0.1) is 0 Å². The van der Waals surface area contributed by atoms with Gasteiger partial charge in [-0.3, -0.25) is 0 Å². The highest BCUT2D eigenvalue weighted by Crippen LogP contribution is 2.38. The average molecular weight is 283 g/mol. The summed E-state index contributed by atoms with van der Waals surface area (Å²) in [5.74, 6) is 1.82. The lowest BCUT2D eigenvalue weighted by Crippen LogP contribution is -2.35. The maximum Gasteiger partial charge on any atom is 0.206 e. The van der Waals surface area contributed by atoms with Crippen molar-refractivity contribution in [1.29, 1.82) is 0 Å². The molecule has 0 aromatic heterocycles. The Balaban J connectivity index is 2.99. The smallest absolute Gasteiger partial charge is 0.206 e. The predicted molar refractivity (Wildman–Crippen MR) is 78.6 cm³/mol. The summed E-state index contributed by atoms with van der Waals surface area (Å²) in [6.45, 7) is 7.24. The number of rotatable bonds is 7. The van der Waals surface area contributed by atoms with Crippen molar-refractivity contribution in [3.05, 3.63) is 17.7 Å². The molecule has 1 aromatic rings. The molecule has 0 saturated heterocycles. The highest BCUT2D eigenvalue weighted by molar-refractivity contribution is 5.53. The number of methoxy groups -OCH3 is 3. The third-order valence-electron chi connectivity index (χ3n) is 2.66. The van der Waals surface area contributed by atoms with Gasteiger partial charge in [-0.05, 0) is 38.5 Å². The van der Waals surface area contributed by atoms with Gasteiger partial charge in [0.2, 0.25) is 5.75 Å². The Morgan fingerprint density at radius 3 is 1.95 bits per heavy atom. The van der Waals surface area contributed by atoms with E-state index in [9.17, 15) is 0 Å². The van der Waals surface area contributed by atoms with E-state index in [0.29, 0.717) is 17.2 Å². The van der Waals surface area contributed by atoms with Crippen molar-refractivity contribution in [2.24, 2.45) is 0 Å². The van der Waals surface area contributed by atoms with Crippen LogP contribution in [0.3, 0.4) is 0 Å². The Hall–Kier alpha value is -1.46. The van der Waals surface area contributed by atoms with Gasteiger partial charge in [0.1, 0.15) is 0 Å². The molecule has 0 amide bonds. The van der Waals surface area contributed by atoms with E-state index in [1.54, 1.807) is 21.3 Å². The van der Waals surface area contributed by atoms with Crippen molar-refractivity contribution < 1.29 is 18.9 Å². The number of nitrogens with one attached hydrogen (secondary N) is 1. The monoisotopic (exact) mass is 283 g/mol. The largest absolute Gasteiger partial charge is 0.493 e. The first-order valence-corrected chi connectivity index (χ1v) is 6.53. The summed E-state index contributed by atoms with van der Waals surface area (Å²) in [4.78, 5) is 0. The highest BCUT2D eigenvalue weighted by atomic mass is 16.7. The Labute approximate surface area is 121 Å². The first kappa shape index (κ1) is 16.6. The van der Waals surface area contributed by atoms with Crippen molar-refractivity contribution in [2.75, 3.05) is 28.1 Å². The van der Waals surface area contributed by atoms with Gasteiger partial charge in [0, 0.05) is 19.2 Å². The Kier molecular flexibility index (Phi) is 6.10. The molecule has 0 radical (unpaired) electrons. The lowest BCUT2D eigenvalue weighted by molar-refractivity contribution is 0.0471. The van der Waals surface area contributed by atoms with Crippen LogP contribution in [0.1, 0.15) is 26.3 Å². The van der Waals surface area contributed by atoms with Gasteiger partial charge in [-0.2, -0.15) is 0 Å². The molecule has 0 aliphatic heterocycles. The third kappa shape index (κ3) is 4.90. The standard InChI is InChI=1S/C15H25NO4/c1-15(2,3)16-9-11-7-12(18-5)14(20-10-17-4)13(8-11)19-6/h7-8,16H,9-10H2,1-6H3. The highest BCUT2D eigenvalue weighted by Gasteiger charge is 2.15. The van der Waals surface area contributed by atoms with E-state index < -0.39 is 0 Å². The molecule has 0 aliphatic rings. The molecule has 5 heteroatoms. The normalized spacial score (nSPS) is 11.3. The van der Waals surface area contributed by atoms with Crippen LogP contribution >= 0.6 is 0 Å². The molecule has 5 nitrogen and oxygen atoms in total. The van der Waals surface area contributed by atoms with E-state index >= 15 is 0 Å². The van der Waals surface area contributed by atoms with Crippen molar-refractivity contribution in [3.8, 4) is 17.2 Å². The number of hydrogen-bond donors (Lipinski definition) is 1. The zero-order valence-electron chi connectivity index (χ0n) is 13.2. The van der Waals surface area contributed by atoms with Crippen molar-refractivity contribution in [1.82, 2.24) is 5.32 Å². The van der Waals surface area contributed by atoms with Crippen molar-refractivity contribution >= 4 is 0 Å². The zero-order chi connectivity index (χ0) is 15.2. The Morgan fingerprint density at radius 2 is 1.55 bits per heavy atom. The summed E-state index contributed by atoms with van der Waals surface area (Å²) in [5.41, 5.74) is 1.12. The van der Waals surface area contributed by atoms with Crippen LogP contribution in [0.25, 0.3) is 0 Å². The van der Waals surface area contributed by atoms with Crippen LogP contribution < -0.4 is 19.5 Å². The van der Waals surface area contributed by atoms with E-state index in [1.807, 2.05) is 12.1 Å². The van der Waals surface area contributed by atoms with Gasteiger partial charge in [-0.25, -0.2) is 0 Å². The fourth-order valence-corrected chi connectivity index (χ4v) is 1.66. The maximum absolute atomic E-state index is 5.51. The van der Waals surface area contributed by atoms with Crippen LogP contribution in [0.2, 0.25) is 0 Å². The average Bonchev–Trinajstić information content (AvgIpc) is 2.41. The second-order valence-electron chi connectivity index (χ2n) is 5.48. The topological polar surface area (TPSA) is 49.0 Å². The maximum atomic E-state index is 5.51. The second-order valence-corrected chi connectivity index (χ2v) is 5.48. The summed E-state index contributed by atoms with van der Waals surface area (Å²) < 4.78 is 21.2. The molecule has 1 N–H and O–H groups in total. The first-order valence-electron chi connectivity index (χ1n) is 6.53. The van der Waals surface area contributed by atoms with Gasteiger partial charge in [0.05, 0.1) is 14.2 Å². The van der Waals surface area contributed by atoms with Crippen molar-refractivity contribution in [3.63, 3.8) is 0 Å². The Morgan fingerprint density at radius 1 is 1.00 bits per heavy atom. The lowest BCUT2D eigenvalue weighted by Gasteiger charge is -2.21. The molecule has 1 rings (SSSR count). The summed E-state index contributed by atoms with van der Waals surface area (Å²) in [6.07, 6.45) is 0. The lowest BCUT2D eigenvalue weighted by atomic mass is 10.1. The van der Waals surface area contributed by atoms with E-state index in [4.69, 9.17) is 18.9 Å². The van der Waals surface area contributed by atoms with E-state index in [2.05, 4.69) is 26.1 Å². The minimum absolute atomic E-state index is 0.0473. The van der Waals surface area contributed by atoms with Gasteiger partial charge in [0.15, 0.2) is 18.3 Å². The molecule has 0 spiro atoms. The molecule has 0 saturated carbocycles. The van der Waals surface area contributed by atoms with E-state index in [-0.39, 0.29) is 12.3 Å². The molecule has 0 bridgehead atoms. The summed E-state index contributed by atoms with van der Waals surface area (Å²) >= 11 is 0. The molecular weight excluding hydrogens is 258 g/mol. The van der Waals surface area contributed by atoms with Crippen LogP contribution in [0.5, 0.6) is 17.2 Å². The van der Waals surface area contributed by atoms with Gasteiger partial charge in [-0.1, -0.05) is 0 Å². The second kappa shape index (κ2) is 7.36. The molecule has 0 unspecified atom stereocenters. The number of hydrogen-bond acceptors (Lipinski definition) is 5. The van der Waals surface area contributed by atoms with Gasteiger partial charge in [0.25, 0.3) is 0 Å². The third-order valence-corrected chi connectivity index (χ3v) is 2.66. The molecule has 0 atom stereocenters. The number of benzene rings is 1. The van der Waals surface area contributed by atoms with Gasteiger partial charge >= 0.3 is 0 Å². The SMILES string of the molecule is COCOc1c(OC)cc(CNC(C)(C)C)cc1OC. The minimum Gasteiger partial charge on any atom is -0.493 e. The van der Waals surface area contributed by atoms with Gasteiger partial charge < -0.3 is 24.3 Å². The van der Waals surface area contributed by atoms with E-state index in [1.165, 1.54) is 0 Å². The minimum atomic E-state index is 0.0473. The molecule has 1 aromatic carbocycles. The molecule has 20 heavy (non-hydrogen) atoms. The number of ether oxygens (including phenoxy) is 4. The Bertz CT molecular complexity index is 401. The summed E-state index contributed by atoms with van der Waals surface area (Å²) in [7, 11) is 4.78. The van der Waals surface area contributed by atoms with Crippen LogP contribution in [0.15, 0.2) is 12.1 Å². The molecular formula is C15H25NO4. The first-order chi connectivity index (χ1) is 9.41. The summed E-state index contributed by atoms with van der Waals surface area (Å²) in [6, 6.07) is 3.87. The predicted octanol–water partition coefficient (Wildman–Crippen LogP) is 2.57. The quantitative estimate of drug-likeness (QED) is 0.779. The fraction of sp³-hybridized carbons (Fsp3) is 0.600. The van der Waals surface area contributed by atoms with E-state index in [0.717, 1.165) is 12.1 Å². The fourth-order valence-electron chi connectivity index (χ4n) is 1.66. The molecule has 114 valence electrons. The zero-order valence-corrected chi connectivity index (χ0v) is 13.2. The molecule has 0 aliphatic carbocycles. The molecule has 0 fully saturated rings. The van der Waals surface area contributed by atoms with Crippen LogP contribution in [-0.2, 0) is 11.3 Å². The molecule has 0 heterocycles.